The minimum absolute atomic E-state index is 1.06. The first-order chi connectivity index (χ1) is 29.8. The third-order valence-electron chi connectivity index (χ3n) is 12.1. The largest absolute Gasteiger partial charge is 0.309 e. The van der Waals surface area contributed by atoms with Crippen molar-refractivity contribution >= 4 is 67.0 Å². The van der Waals surface area contributed by atoms with Gasteiger partial charge in [-0.15, -0.1) is 5.54 Å². The van der Waals surface area contributed by atoms with Crippen molar-refractivity contribution in [1.82, 2.24) is 4.57 Å². The van der Waals surface area contributed by atoms with Gasteiger partial charge in [0.25, 0.3) is 0 Å². The van der Waals surface area contributed by atoms with Gasteiger partial charge in [0.15, 0.2) is 0 Å². The van der Waals surface area contributed by atoms with Gasteiger partial charge in [0.2, 0.25) is 8.07 Å². The Hall–Kier alpha value is -7.70. The highest BCUT2D eigenvalue weighted by Gasteiger charge is 2.39. The average molecular weight is 778 g/mol. The number of hydrogen-bond donors (Lipinski definition) is 0. The van der Waals surface area contributed by atoms with E-state index >= 15 is 0 Å². The summed E-state index contributed by atoms with van der Waals surface area (Å²) in [6, 6.07) is 86.1. The van der Waals surface area contributed by atoms with Crippen LogP contribution in [0.2, 0.25) is 0 Å². The van der Waals surface area contributed by atoms with Crippen molar-refractivity contribution in [1.29, 1.82) is 0 Å². The maximum atomic E-state index is 4.22. The van der Waals surface area contributed by atoms with Gasteiger partial charge in [0.1, 0.15) is 0 Å². The fourth-order valence-electron chi connectivity index (χ4n) is 9.35. The SMILES string of the molecule is C(#C[Si](c1ccccc1)(c1ccccc1)c1ccc2c(c1)c1ccccc1n2-c1ccccc1)c1c2ccccc2c(-c2ccccc2)c2cc(-c3ccccc3)ccc12. The number of nitrogens with zero attached hydrogens (tertiary/aromatic N) is 1. The minimum atomic E-state index is -3.07. The van der Waals surface area contributed by atoms with Crippen LogP contribution in [0.3, 0.4) is 0 Å². The van der Waals surface area contributed by atoms with Gasteiger partial charge in [0, 0.05) is 22.0 Å². The number of aromatic nitrogens is 1. The second-order valence-electron chi connectivity index (χ2n) is 15.4. The number of fused-ring (bicyclic) bond motifs is 5. The fourth-order valence-corrected chi connectivity index (χ4v) is 13.2. The molecule has 0 saturated carbocycles. The lowest BCUT2D eigenvalue weighted by atomic mass is 9.87. The molecule has 0 fully saturated rings. The number of rotatable bonds is 6. The zero-order valence-electron chi connectivity index (χ0n) is 33.0. The third kappa shape index (κ3) is 5.87. The van der Waals surface area contributed by atoms with E-state index in [4.69, 9.17) is 0 Å². The highest BCUT2D eigenvalue weighted by atomic mass is 28.3. The van der Waals surface area contributed by atoms with Crippen molar-refractivity contribution in [3.05, 3.63) is 242 Å². The smallest absolute Gasteiger partial charge is 0.230 e. The van der Waals surface area contributed by atoms with Crippen LogP contribution in [0.5, 0.6) is 0 Å². The standard InChI is InChI=1S/C58H39NSi/c1-6-20-42(21-7-1)44-34-36-50-51(49-30-16-17-32-53(49)58(55(50)40-44)43-22-8-2-9-23-43)38-39-60(46-26-12-4-13-27-46,47-28-14-5-15-29-47)48-35-37-57-54(41-48)52-31-18-19-33-56(52)59(57)45-24-10-3-11-25-45/h1-37,40-41H. The summed E-state index contributed by atoms with van der Waals surface area (Å²) in [6.07, 6.45) is 0. The molecule has 11 rings (SSSR count). The summed E-state index contributed by atoms with van der Waals surface area (Å²) in [5.41, 5.74) is 13.6. The summed E-state index contributed by atoms with van der Waals surface area (Å²) in [7, 11) is -3.07. The summed E-state index contributed by atoms with van der Waals surface area (Å²) >= 11 is 0. The molecule has 2 heteroatoms. The first kappa shape index (κ1) is 35.5. The molecule has 0 aliphatic heterocycles. The molecule has 280 valence electrons. The lowest BCUT2D eigenvalue weighted by Gasteiger charge is -2.28. The van der Waals surface area contributed by atoms with Gasteiger partial charge in [-0.1, -0.05) is 212 Å². The van der Waals surface area contributed by atoms with Crippen LogP contribution in [-0.2, 0) is 0 Å². The lowest BCUT2D eigenvalue weighted by molar-refractivity contribution is 1.18. The van der Waals surface area contributed by atoms with Crippen LogP contribution in [0, 0.1) is 11.5 Å². The predicted octanol–water partition coefficient (Wildman–Crippen LogP) is 12.5. The Morgan fingerprint density at radius 3 is 1.50 bits per heavy atom. The zero-order valence-corrected chi connectivity index (χ0v) is 34.0. The van der Waals surface area contributed by atoms with E-state index in [1.807, 2.05) is 0 Å². The van der Waals surface area contributed by atoms with E-state index in [1.165, 1.54) is 70.4 Å². The fraction of sp³-hybridized carbons (Fsp3) is 0. The van der Waals surface area contributed by atoms with Crippen molar-refractivity contribution in [2.24, 2.45) is 0 Å². The molecule has 0 bridgehead atoms. The van der Waals surface area contributed by atoms with E-state index < -0.39 is 8.07 Å². The average Bonchev–Trinajstić information content (AvgIpc) is 3.66. The van der Waals surface area contributed by atoms with E-state index in [1.54, 1.807) is 0 Å². The molecule has 0 spiro atoms. The molecule has 1 aromatic heterocycles. The van der Waals surface area contributed by atoms with Crippen molar-refractivity contribution in [3.8, 4) is 39.4 Å². The Balaban J connectivity index is 1.24. The van der Waals surface area contributed by atoms with Gasteiger partial charge in [-0.25, -0.2) is 0 Å². The molecule has 0 unspecified atom stereocenters. The number of hydrogen-bond acceptors (Lipinski definition) is 0. The van der Waals surface area contributed by atoms with Gasteiger partial charge >= 0.3 is 0 Å². The molecule has 0 saturated heterocycles. The Labute approximate surface area is 351 Å². The van der Waals surface area contributed by atoms with Crippen LogP contribution >= 0.6 is 0 Å². The Kier molecular flexibility index (Phi) is 8.81. The van der Waals surface area contributed by atoms with Crippen molar-refractivity contribution < 1.29 is 0 Å². The monoisotopic (exact) mass is 777 g/mol. The first-order valence-corrected chi connectivity index (χ1v) is 22.6. The second kappa shape index (κ2) is 14.9. The van der Waals surface area contributed by atoms with E-state index in [-0.39, 0.29) is 0 Å². The van der Waals surface area contributed by atoms with Crippen LogP contribution in [-0.4, -0.2) is 12.6 Å². The van der Waals surface area contributed by atoms with Crippen LogP contribution in [0.15, 0.2) is 237 Å². The lowest BCUT2D eigenvalue weighted by Crippen LogP contribution is -2.66. The topological polar surface area (TPSA) is 4.93 Å². The minimum Gasteiger partial charge on any atom is -0.309 e. The highest BCUT2D eigenvalue weighted by Crippen LogP contribution is 2.41. The highest BCUT2D eigenvalue weighted by molar-refractivity contribution is 7.17. The summed E-state index contributed by atoms with van der Waals surface area (Å²) in [4.78, 5) is 0. The summed E-state index contributed by atoms with van der Waals surface area (Å²) < 4.78 is 2.39. The van der Waals surface area contributed by atoms with E-state index in [9.17, 15) is 0 Å². The van der Waals surface area contributed by atoms with Crippen LogP contribution in [0.25, 0.3) is 71.3 Å². The summed E-state index contributed by atoms with van der Waals surface area (Å²) in [5.74, 6) is 4.03. The predicted molar refractivity (Wildman–Crippen MR) is 258 cm³/mol. The summed E-state index contributed by atoms with van der Waals surface area (Å²) in [6.45, 7) is 0. The zero-order chi connectivity index (χ0) is 39.9. The van der Waals surface area contributed by atoms with Crippen molar-refractivity contribution in [2.45, 2.75) is 0 Å². The molecule has 1 nitrogen and oxygen atoms in total. The molecule has 10 aromatic carbocycles. The molecule has 1 heterocycles. The van der Waals surface area contributed by atoms with E-state index in [0.29, 0.717) is 0 Å². The van der Waals surface area contributed by atoms with Gasteiger partial charge in [0.05, 0.1) is 11.0 Å². The van der Waals surface area contributed by atoms with Crippen LogP contribution < -0.4 is 15.6 Å². The molecular formula is C58H39NSi. The number of benzene rings is 10. The van der Waals surface area contributed by atoms with Gasteiger partial charge < -0.3 is 4.57 Å². The normalized spacial score (nSPS) is 11.5. The van der Waals surface area contributed by atoms with E-state index in [2.05, 4.69) is 253 Å². The molecule has 0 aliphatic rings. The van der Waals surface area contributed by atoms with Gasteiger partial charge in [-0.05, 0) is 89.7 Å². The van der Waals surface area contributed by atoms with E-state index in [0.717, 1.165) is 22.0 Å². The molecule has 0 amide bonds. The quantitative estimate of drug-likeness (QED) is 0.0686. The molecule has 0 aliphatic carbocycles. The summed E-state index contributed by atoms with van der Waals surface area (Å²) in [5, 5.41) is 11.0. The van der Waals surface area contributed by atoms with Crippen LogP contribution in [0.4, 0.5) is 0 Å². The molecule has 0 N–H and O–H groups in total. The second-order valence-corrected chi connectivity index (χ2v) is 18.9. The van der Waals surface area contributed by atoms with Gasteiger partial charge in [-0.2, -0.15) is 0 Å². The first-order valence-electron chi connectivity index (χ1n) is 20.6. The Bertz CT molecular complexity index is 3360. The van der Waals surface area contributed by atoms with Crippen LogP contribution in [0.1, 0.15) is 5.56 Å². The van der Waals surface area contributed by atoms with Gasteiger partial charge in [-0.3, -0.25) is 0 Å². The molecule has 0 atom stereocenters. The molecule has 60 heavy (non-hydrogen) atoms. The Morgan fingerprint density at radius 2 is 0.833 bits per heavy atom. The third-order valence-corrected chi connectivity index (χ3v) is 16.2. The molecule has 11 aromatic rings. The maximum absolute atomic E-state index is 4.22. The number of para-hydroxylation sites is 2. The Morgan fingerprint density at radius 1 is 0.317 bits per heavy atom. The maximum Gasteiger partial charge on any atom is 0.230 e. The molecular weight excluding hydrogens is 739 g/mol. The molecule has 0 radical (unpaired) electrons. The van der Waals surface area contributed by atoms with Crippen molar-refractivity contribution in [3.63, 3.8) is 0 Å². The van der Waals surface area contributed by atoms with Crippen molar-refractivity contribution in [2.75, 3.05) is 0 Å².